The Morgan fingerprint density at radius 2 is 1.58 bits per heavy atom. The molecule has 0 saturated heterocycles. The van der Waals surface area contributed by atoms with Crippen molar-refractivity contribution < 1.29 is 4.74 Å². The van der Waals surface area contributed by atoms with E-state index in [0.29, 0.717) is 24.7 Å². The normalized spacial score (nSPS) is 10.1. The second-order valence-corrected chi connectivity index (χ2v) is 4.40. The molecule has 0 saturated carbocycles. The van der Waals surface area contributed by atoms with Crippen LogP contribution in [-0.4, -0.2) is 7.11 Å². The fraction of sp³-hybridized carbons (Fsp3) is 0.143. The van der Waals surface area contributed by atoms with Crippen LogP contribution in [0.25, 0.3) is 0 Å². The molecule has 0 fully saturated rings. The highest BCUT2D eigenvalue weighted by Gasteiger charge is 2.12. The molecule has 0 aliphatic carbocycles. The van der Waals surface area contributed by atoms with Crippen LogP contribution < -0.4 is 4.74 Å². The minimum absolute atomic E-state index is 0.528. The van der Waals surface area contributed by atoms with E-state index in [1.54, 1.807) is 13.2 Å². The van der Waals surface area contributed by atoms with Gasteiger partial charge in [0, 0.05) is 0 Å². The molecule has 0 aliphatic rings. The maximum atomic E-state index is 5.84. The smallest absolute Gasteiger partial charge is 0.150 e. The highest BCUT2D eigenvalue weighted by atomic mass is 79.9. The first-order chi connectivity index (χ1) is 5.57. The summed E-state index contributed by atoms with van der Waals surface area (Å²) >= 11 is 18.2. The Hall–Kier alpha value is 0.560. The molecule has 1 nitrogen and oxygen atoms in total. The zero-order chi connectivity index (χ0) is 9.30. The molecule has 1 aromatic rings. The Balaban J connectivity index is 3.42. The van der Waals surface area contributed by atoms with Gasteiger partial charge in [-0.2, -0.15) is 0 Å². The third-order valence-electron chi connectivity index (χ3n) is 1.28. The molecule has 0 aliphatic heterocycles. The molecular formula is C7H4Br2Cl2O. The number of hydrogen-bond donors (Lipinski definition) is 0. The lowest BCUT2D eigenvalue weighted by atomic mass is 10.3. The SMILES string of the molecule is COc1c(Br)c(Cl)cc(Cl)c1Br. The van der Waals surface area contributed by atoms with Gasteiger partial charge < -0.3 is 4.74 Å². The fourth-order valence-corrected chi connectivity index (χ4v) is 2.39. The van der Waals surface area contributed by atoms with Gasteiger partial charge in [-0.15, -0.1) is 0 Å². The molecule has 66 valence electrons. The van der Waals surface area contributed by atoms with Crippen LogP contribution in [-0.2, 0) is 0 Å². The third kappa shape index (κ3) is 1.90. The first-order valence-electron chi connectivity index (χ1n) is 2.95. The molecule has 0 heterocycles. The van der Waals surface area contributed by atoms with E-state index in [9.17, 15) is 0 Å². The van der Waals surface area contributed by atoms with Crippen LogP contribution in [0, 0.1) is 0 Å². The number of ether oxygens (including phenoxy) is 1. The molecule has 0 amide bonds. The maximum Gasteiger partial charge on any atom is 0.150 e. The second-order valence-electron chi connectivity index (χ2n) is 2.00. The second kappa shape index (κ2) is 4.18. The molecule has 5 heteroatoms. The van der Waals surface area contributed by atoms with Crippen molar-refractivity contribution in [3.05, 3.63) is 25.1 Å². The van der Waals surface area contributed by atoms with Crippen molar-refractivity contribution in [3.63, 3.8) is 0 Å². The van der Waals surface area contributed by atoms with Gasteiger partial charge in [0.05, 0.1) is 26.1 Å². The topological polar surface area (TPSA) is 9.23 Å². The van der Waals surface area contributed by atoms with Crippen molar-refractivity contribution in [3.8, 4) is 5.75 Å². The van der Waals surface area contributed by atoms with Crippen LogP contribution in [0.3, 0.4) is 0 Å². The van der Waals surface area contributed by atoms with Crippen molar-refractivity contribution >= 4 is 55.1 Å². The summed E-state index contributed by atoms with van der Waals surface area (Å²) in [4.78, 5) is 0. The standard InChI is InChI=1S/C7H4Br2Cl2O/c1-12-7-5(8)3(10)2-4(11)6(7)9/h2H,1H3. The summed E-state index contributed by atoms with van der Waals surface area (Å²) in [6, 6.07) is 1.64. The van der Waals surface area contributed by atoms with E-state index < -0.39 is 0 Å². The molecule has 0 atom stereocenters. The molecule has 0 aromatic heterocycles. The third-order valence-corrected chi connectivity index (χ3v) is 3.90. The number of rotatable bonds is 1. The summed E-state index contributed by atoms with van der Waals surface area (Å²) in [5.41, 5.74) is 0. The Morgan fingerprint density at radius 3 is 1.92 bits per heavy atom. The van der Waals surface area contributed by atoms with Crippen LogP contribution in [0.15, 0.2) is 15.0 Å². The summed E-state index contributed by atoms with van der Waals surface area (Å²) in [5.74, 6) is 0.604. The number of methoxy groups -OCH3 is 1. The zero-order valence-corrected chi connectivity index (χ0v) is 10.7. The number of hydrogen-bond acceptors (Lipinski definition) is 1. The Morgan fingerprint density at radius 1 is 1.17 bits per heavy atom. The molecule has 1 aromatic carbocycles. The van der Waals surface area contributed by atoms with E-state index in [1.807, 2.05) is 0 Å². The van der Waals surface area contributed by atoms with Crippen LogP contribution in [0.5, 0.6) is 5.75 Å². The minimum atomic E-state index is 0.528. The molecular weight excluding hydrogens is 331 g/mol. The largest absolute Gasteiger partial charge is 0.494 e. The summed E-state index contributed by atoms with van der Waals surface area (Å²) in [6.45, 7) is 0. The van der Waals surface area contributed by atoms with Crippen molar-refractivity contribution in [2.75, 3.05) is 7.11 Å². The predicted molar refractivity (Wildman–Crippen MR) is 58.4 cm³/mol. The highest BCUT2D eigenvalue weighted by Crippen LogP contribution is 2.42. The minimum Gasteiger partial charge on any atom is -0.494 e. The monoisotopic (exact) mass is 332 g/mol. The van der Waals surface area contributed by atoms with E-state index in [4.69, 9.17) is 27.9 Å². The van der Waals surface area contributed by atoms with Gasteiger partial charge in [-0.05, 0) is 37.9 Å². The van der Waals surface area contributed by atoms with Crippen molar-refractivity contribution in [1.29, 1.82) is 0 Å². The molecule has 0 N–H and O–H groups in total. The first-order valence-corrected chi connectivity index (χ1v) is 5.29. The van der Waals surface area contributed by atoms with Crippen molar-refractivity contribution in [2.24, 2.45) is 0 Å². The van der Waals surface area contributed by atoms with Crippen LogP contribution >= 0.6 is 55.1 Å². The van der Waals surface area contributed by atoms with Crippen molar-refractivity contribution in [2.45, 2.75) is 0 Å². The van der Waals surface area contributed by atoms with Gasteiger partial charge in [0.2, 0.25) is 0 Å². The van der Waals surface area contributed by atoms with E-state index in [1.165, 1.54) is 0 Å². The fourth-order valence-electron chi connectivity index (χ4n) is 0.730. The van der Waals surface area contributed by atoms with Gasteiger partial charge in [-0.1, -0.05) is 23.2 Å². The van der Waals surface area contributed by atoms with E-state index in [0.717, 1.165) is 0 Å². The Kier molecular flexibility index (Phi) is 3.71. The van der Waals surface area contributed by atoms with Gasteiger partial charge in [0.15, 0.2) is 0 Å². The molecule has 1 rings (SSSR count). The molecule has 0 radical (unpaired) electrons. The number of benzene rings is 1. The lowest BCUT2D eigenvalue weighted by Crippen LogP contribution is -1.87. The molecule has 12 heavy (non-hydrogen) atoms. The molecule has 0 spiro atoms. The Bertz CT molecular complexity index is 289. The van der Waals surface area contributed by atoms with Gasteiger partial charge in [-0.3, -0.25) is 0 Å². The average Bonchev–Trinajstić information content (AvgIpc) is 2.02. The first kappa shape index (κ1) is 10.6. The summed E-state index contributed by atoms with van der Waals surface area (Å²) < 4.78 is 6.47. The van der Waals surface area contributed by atoms with Crippen LogP contribution in [0.1, 0.15) is 0 Å². The van der Waals surface area contributed by atoms with Crippen LogP contribution in [0.4, 0.5) is 0 Å². The maximum absolute atomic E-state index is 5.84. The summed E-state index contributed by atoms with van der Waals surface area (Å²) in [5, 5.41) is 1.06. The highest BCUT2D eigenvalue weighted by molar-refractivity contribution is 9.11. The summed E-state index contributed by atoms with van der Waals surface area (Å²) in [6.07, 6.45) is 0. The molecule has 0 bridgehead atoms. The van der Waals surface area contributed by atoms with E-state index in [2.05, 4.69) is 31.9 Å². The van der Waals surface area contributed by atoms with Gasteiger partial charge in [0.1, 0.15) is 5.75 Å². The zero-order valence-electron chi connectivity index (χ0n) is 6.00. The predicted octanol–water partition coefficient (Wildman–Crippen LogP) is 4.53. The lowest BCUT2D eigenvalue weighted by Gasteiger charge is -2.08. The lowest BCUT2D eigenvalue weighted by molar-refractivity contribution is 0.409. The van der Waals surface area contributed by atoms with Gasteiger partial charge in [-0.25, -0.2) is 0 Å². The average molecular weight is 335 g/mol. The van der Waals surface area contributed by atoms with E-state index >= 15 is 0 Å². The molecule has 0 unspecified atom stereocenters. The van der Waals surface area contributed by atoms with Gasteiger partial charge >= 0.3 is 0 Å². The van der Waals surface area contributed by atoms with Gasteiger partial charge in [0.25, 0.3) is 0 Å². The van der Waals surface area contributed by atoms with E-state index in [-0.39, 0.29) is 0 Å². The van der Waals surface area contributed by atoms with Crippen molar-refractivity contribution in [1.82, 2.24) is 0 Å². The Labute approximate surface area is 97.3 Å². The quantitative estimate of drug-likeness (QED) is 0.686. The van der Waals surface area contributed by atoms with Crippen LogP contribution in [0.2, 0.25) is 10.0 Å². The summed E-state index contributed by atoms with van der Waals surface area (Å²) in [7, 11) is 1.55. The number of halogens is 4.